The van der Waals surface area contributed by atoms with E-state index in [1.807, 2.05) is 26.0 Å². The molecule has 0 unspecified atom stereocenters. The van der Waals surface area contributed by atoms with Gasteiger partial charge in [0.25, 0.3) is 0 Å². The van der Waals surface area contributed by atoms with E-state index in [2.05, 4.69) is 0 Å². The lowest BCUT2D eigenvalue weighted by Gasteiger charge is -2.25. The summed E-state index contributed by atoms with van der Waals surface area (Å²) in [5, 5.41) is 9.95. The molecular formula is C13H17ClO3. The Bertz CT molecular complexity index is 415. The molecule has 0 aliphatic carbocycles. The Balaban J connectivity index is 2.48. The summed E-state index contributed by atoms with van der Waals surface area (Å²) in [4.78, 5) is 0. The smallest absolute Gasteiger partial charge is 0.180 e. The van der Waals surface area contributed by atoms with Gasteiger partial charge in [0.2, 0.25) is 0 Å². The highest BCUT2D eigenvalue weighted by molar-refractivity contribution is 6.33. The first-order valence-electron chi connectivity index (χ1n) is 5.76. The zero-order valence-electron chi connectivity index (χ0n) is 10.1. The first-order chi connectivity index (χ1) is 8.06. The second-order valence-electron chi connectivity index (χ2n) is 4.85. The van der Waals surface area contributed by atoms with Crippen LogP contribution in [0.15, 0.2) is 12.1 Å². The quantitative estimate of drug-likeness (QED) is 0.884. The Morgan fingerprint density at radius 3 is 2.71 bits per heavy atom. The van der Waals surface area contributed by atoms with Gasteiger partial charge in [-0.15, -0.1) is 0 Å². The molecule has 1 aliphatic heterocycles. The largest absolute Gasteiger partial charge is 0.490 e. The number of hydrogen-bond acceptors (Lipinski definition) is 3. The molecule has 17 heavy (non-hydrogen) atoms. The molecule has 0 bridgehead atoms. The normalized spacial score (nSPS) is 15.5. The number of fused-ring (bicyclic) bond motifs is 1. The number of rotatable bonds is 2. The molecule has 1 aromatic carbocycles. The third-order valence-electron chi connectivity index (χ3n) is 2.98. The van der Waals surface area contributed by atoms with E-state index in [-0.39, 0.29) is 12.0 Å². The van der Waals surface area contributed by atoms with E-state index in [9.17, 15) is 5.11 Å². The first kappa shape index (κ1) is 12.5. The first-order valence-corrected chi connectivity index (χ1v) is 6.13. The summed E-state index contributed by atoms with van der Waals surface area (Å²) in [6.07, 6.45) is 0.851. The second-order valence-corrected chi connectivity index (χ2v) is 5.22. The van der Waals surface area contributed by atoms with E-state index in [0.29, 0.717) is 29.7 Å². The van der Waals surface area contributed by atoms with Crippen molar-refractivity contribution in [3.05, 3.63) is 22.7 Å². The minimum atomic E-state index is -0.387. The topological polar surface area (TPSA) is 38.7 Å². The molecule has 0 saturated carbocycles. The van der Waals surface area contributed by atoms with Gasteiger partial charge in [-0.2, -0.15) is 0 Å². The summed E-state index contributed by atoms with van der Waals surface area (Å²) in [5.74, 6) is 1.29. The van der Waals surface area contributed by atoms with Crippen LogP contribution in [0.2, 0.25) is 5.02 Å². The van der Waals surface area contributed by atoms with Crippen molar-refractivity contribution in [2.45, 2.75) is 25.7 Å². The van der Waals surface area contributed by atoms with Crippen molar-refractivity contribution in [2.75, 3.05) is 19.8 Å². The standard InChI is InChI=1S/C13H17ClO3/c1-13(2,8-15)9-4-5-10-12(11(9)14)17-7-3-6-16-10/h4-5,15H,3,6-8H2,1-2H3. The van der Waals surface area contributed by atoms with Crippen LogP contribution in [0.1, 0.15) is 25.8 Å². The Kier molecular flexibility index (Phi) is 3.50. The number of aliphatic hydroxyl groups is 1. The molecule has 1 aromatic rings. The summed E-state index contributed by atoms with van der Waals surface area (Å²) >= 11 is 6.35. The highest BCUT2D eigenvalue weighted by atomic mass is 35.5. The molecule has 0 spiro atoms. The molecule has 0 saturated heterocycles. The lowest BCUT2D eigenvalue weighted by atomic mass is 9.85. The fourth-order valence-corrected chi connectivity index (χ4v) is 2.28. The number of aliphatic hydroxyl groups excluding tert-OH is 1. The van der Waals surface area contributed by atoms with Crippen LogP contribution >= 0.6 is 11.6 Å². The van der Waals surface area contributed by atoms with E-state index in [0.717, 1.165) is 12.0 Å². The molecule has 0 aromatic heterocycles. The Labute approximate surface area is 106 Å². The highest BCUT2D eigenvalue weighted by Gasteiger charge is 2.26. The number of hydrogen-bond donors (Lipinski definition) is 1. The third kappa shape index (κ3) is 2.35. The molecule has 0 amide bonds. The van der Waals surface area contributed by atoms with Gasteiger partial charge in [-0.25, -0.2) is 0 Å². The predicted molar refractivity (Wildman–Crippen MR) is 67.2 cm³/mol. The van der Waals surface area contributed by atoms with Crippen molar-refractivity contribution < 1.29 is 14.6 Å². The number of ether oxygens (including phenoxy) is 2. The Morgan fingerprint density at radius 1 is 1.29 bits per heavy atom. The van der Waals surface area contributed by atoms with Crippen LogP contribution in [0.25, 0.3) is 0 Å². The van der Waals surface area contributed by atoms with Gasteiger partial charge in [0, 0.05) is 11.8 Å². The average Bonchev–Trinajstić information content (AvgIpc) is 2.55. The highest BCUT2D eigenvalue weighted by Crippen LogP contribution is 2.42. The number of benzene rings is 1. The van der Waals surface area contributed by atoms with Crippen LogP contribution in [-0.4, -0.2) is 24.9 Å². The average molecular weight is 257 g/mol. The summed E-state index contributed by atoms with van der Waals surface area (Å²) in [6.45, 7) is 5.17. The lowest BCUT2D eigenvalue weighted by molar-refractivity contribution is 0.218. The van der Waals surface area contributed by atoms with E-state index in [1.54, 1.807) is 0 Å². The van der Waals surface area contributed by atoms with Crippen LogP contribution in [0.4, 0.5) is 0 Å². The van der Waals surface area contributed by atoms with Crippen LogP contribution in [0, 0.1) is 0 Å². The molecule has 1 N–H and O–H groups in total. The van der Waals surface area contributed by atoms with Gasteiger partial charge in [-0.05, 0) is 11.6 Å². The summed E-state index contributed by atoms with van der Waals surface area (Å²) in [7, 11) is 0. The minimum absolute atomic E-state index is 0.0341. The van der Waals surface area contributed by atoms with Crippen molar-refractivity contribution >= 4 is 11.6 Å². The fraction of sp³-hybridized carbons (Fsp3) is 0.538. The van der Waals surface area contributed by atoms with Gasteiger partial charge in [0.05, 0.1) is 24.8 Å². The Hall–Kier alpha value is -0.930. The molecule has 1 aliphatic rings. The Morgan fingerprint density at radius 2 is 2.00 bits per heavy atom. The molecule has 3 nitrogen and oxygen atoms in total. The van der Waals surface area contributed by atoms with E-state index in [1.165, 1.54) is 0 Å². The second kappa shape index (κ2) is 4.75. The molecule has 0 radical (unpaired) electrons. The zero-order chi connectivity index (χ0) is 12.5. The van der Waals surface area contributed by atoms with Crippen molar-refractivity contribution in [2.24, 2.45) is 0 Å². The maximum atomic E-state index is 9.40. The molecule has 1 heterocycles. The molecule has 4 heteroatoms. The van der Waals surface area contributed by atoms with Gasteiger partial charge in [-0.1, -0.05) is 31.5 Å². The van der Waals surface area contributed by atoms with Crippen molar-refractivity contribution in [3.63, 3.8) is 0 Å². The fourth-order valence-electron chi connectivity index (χ4n) is 1.81. The van der Waals surface area contributed by atoms with E-state index >= 15 is 0 Å². The SMILES string of the molecule is CC(C)(CO)c1ccc2c(c1Cl)OCCCO2. The molecule has 94 valence electrons. The summed E-state index contributed by atoms with van der Waals surface area (Å²) < 4.78 is 11.2. The minimum Gasteiger partial charge on any atom is -0.490 e. The molecule has 0 fully saturated rings. The molecule has 2 rings (SSSR count). The number of halogens is 1. The van der Waals surface area contributed by atoms with Crippen LogP contribution < -0.4 is 9.47 Å². The molecule has 0 atom stereocenters. The van der Waals surface area contributed by atoms with Gasteiger partial charge in [0.1, 0.15) is 0 Å². The molecular weight excluding hydrogens is 240 g/mol. The lowest BCUT2D eigenvalue weighted by Crippen LogP contribution is -2.22. The van der Waals surface area contributed by atoms with Gasteiger partial charge in [0.15, 0.2) is 11.5 Å². The van der Waals surface area contributed by atoms with E-state index in [4.69, 9.17) is 21.1 Å². The van der Waals surface area contributed by atoms with Gasteiger partial charge < -0.3 is 14.6 Å². The summed E-state index contributed by atoms with van der Waals surface area (Å²) in [6, 6.07) is 3.76. The van der Waals surface area contributed by atoms with Crippen molar-refractivity contribution in [1.82, 2.24) is 0 Å². The van der Waals surface area contributed by atoms with Gasteiger partial charge in [-0.3, -0.25) is 0 Å². The predicted octanol–water partition coefficient (Wildman–Crippen LogP) is 2.77. The maximum Gasteiger partial charge on any atom is 0.180 e. The van der Waals surface area contributed by atoms with Crippen molar-refractivity contribution in [1.29, 1.82) is 0 Å². The summed E-state index contributed by atoms with van der Waals surface area (Å²) in [5.41, 5.74) is 0.493. The maximum absolute atomic E-state index is 9.40. The third-order valence-corrected chi connectivity index (χ3v) is 3.35. The van der Waals surface area contributed by atoms with E-state index < -0.39 is 0 Å². The van der Waals surface area contributed by atoms with Gasteiger partial charge >= 0.3 is 0 Å². The van der Waals surface area contributed by atoms with Crippen LogP contribution in [0.5, 0.6) is 11.5 Å². The zero-order valence-corrected chi connectivity index (χ0v) is 10.9. The van der Waals surface area contributed by atoms with Crippen molar-refractivity contribution in [3.8, 4) is 11.5 Å². The van der Waals surface area contributed by atoms with Crippen LogP contribution in [-0.2, 0) is 5.41 Å². The van der Waals surface area contributed by atoms with Crippen LogP contribution in [0.3, 0.4) is 0 Å². The monoisotopic (exact) mass is 256 g/mol.